The minimum atomic E-state index is -3.72. The number of aromatic nitrogens is 1. The van der Waals surface area contributed by atoms with Crippen LogP contribution in [0.15, 0.2) is 58.6 Å². The molecule has 0 N–H and O–H groups in total. The number of esters is 1. The van der Waals surface area contributed by atoms with Crippen molar-refractivity contribution in [3.8, 4) is 0 Å². The van der Waals surface area contributed by atoms with E-state index < -0.39 is 15.9 Å². The van der Waals surface area contributed by atoms with Gasteiger partial charge in [-0.25, -0.2) is 13.4 Å². The third-order valence-corrected chi connectivity index (χ3v) is 7.40. The number of rotatable bonds is 7. The van der Waals surface area contributed by atoms with Crippen molar-refractivity contribution < 1.29 is 17.9 Å². The molecule has 2 aromatic rings. The Morgan fingerprint density at radius 2 is 2.04 bits per heavy atom. The Balaban J connectivity index is 1.65. The Morgan fingerprint density at radius 3 is 2.71 bits per heavy atom. The predicted molar refractivity (Wildman–Crippen MR) is 108 cm³/mol. The molecule has 6 nitrogen and oxygen atoms in total. The molecule has 2 heterocycles. The van der Waals surface area contributed by atoms with Crippen molar-refractivity contribution in [3.63, 3.8) is 0 Å². The van der Waals surface area contributed by atoms with Gasteiger partial charge in [-0.15, -0.1) is 11.8 Å². The molecule has 0 spiro atoms. The summed E-state index contributed by atoms with van der Waals surface area (Å²) in [6.07, 6.45) is 2.87. The number of thioether (sulfide) groups is 1. The number of benzene rings is 1. The van der Waals surface area contributed by atoms with E-state index in [-0.39, 0.29) is 17.5 Å². The van der Waals surface area contributed by atoms with E-state index in [9.17, 15) is 13.2 Å². The van der Waals surface area contributed by atoms with Crippen LogP contribution in [0.3, 0.4) is 0 Å². The third kappa shape index (κ3) is 5.12. The number of hydrogen-bond donors (Lipinski definition) is 0. The number of sulfonamides is 1. The summed E-state index contributed by atoms with van der Waals surface area (Å²) in [4.78, 5) is 17.1. The minimum absolute atomic E-state index is 0.0149. The summed E-state index contributed by atoms with van der Waals surface area (Å²) in [6, 6.07) is 13.4. The summed E-state index contributed by atoms with van der Waals surface area (Å²) >= 11 is 1.61. The number of ether oxygens (including phenoxy) is 1. The van der Waals surface area contributed by atoms with E-state index >= 15 is 0 Å². The topological polar surface area (TPSA) is 76.6 Å². The highest BCUT2D eigenvalue weighted by Crippen LogP contribution is 2.26. The molecule has 1 saturated heterocycles. The number of pyridine rings is 1. The van der Waals surface area contributed by atoms with Crippen LogP contribution in [0.4, 0.5) is 0 Å². The number of nitrogens with zero attached hydrogens (tertiary/aromatic N) is 2. The third-order valence-electron chi connectivity index (χ3n) is 4.57. The Bertz CT molecular complexity index is 886. The molecule has 1 aromatic carbocycles. The molecule has 0 aliphatic carbocycles. The van der Waals surface area contributed by atoms with Crippen LogP contribution in [0, 0.1) is 5.92 Å². The van der Waals surface area contributed by atoms with Crippen LogP contribution in [0.1, 0.15) is 25.3 Å². The summed E-state index contributed by atoms with van der Waals surface area (Å²) in [5.74, 6) is 0.0503. The molecule has 28 heavy (non-hydrogen) atoms. The lowest BCUT2D eigenvalue weighted by Gasteiger charge is -2.30. The van der Waals surface area contributed by atoms with Crippen LogP contribution in [-0.4, -0.2) is 43.4 Å². The van der Waals surface area contributed by atoms with Gasteiger partial charge in [-0.1, -0.05) is 30.3 Å². The predicted octanol–water partition coefficient (Wildman–Crippen LogP) is 3.34. The fraction of sp³-hybridized carbons (Fsp3) is 0.400. The Kier molecular flexibility index (Phi) is 7.09. The maximum absolute atomic E-state index is 12.9. The van der Waals surface area contributed by atoms with Crippen LogP contribution >= 0.6 is 11.8 Å². The second-order valence-corrected chi connectivity index (χ2v) is 9.49. The fourth-order valence-electron chi connectivity index (χ4n) is 3.09. The highest BCUT2D eigenvalue weighted by atomic mass is 32.2. The monoisotopic (exact) mass is 420 g/mol. The van der Waals surface area contributed by atoms with Gasteiger partial charge in [0, 0.05) is 29.9 Å². The van der Waals surface area contributed by atoms with Gasteiger partial charge < -0.3 is 4.74 Å². The van der Waals surface area contributed by atoms with Crippen molar-refractivity contribution in [1.82, 2.24) is 9.29 Å². The lowest BCUT2D eigenvalue weighted by Crippen LogP contribution is -2.43. The first kappa shape index (κ1) is 20.8. The second-order valence-electron chi connectivity index (χ2n) is 6.56. The van der Waals surface area contributed by atoms with Gasteiger partial charge in [-0.05, 0) is 37.5 Å². The second kappa shape index (κ2) is 9.54. The lowest BCUT2D eigenvalue weighted by atomic mass is 10.0. The highest BCUT2D eigenvalue weighted by molar-refractivity contribution is 7.98. The van der Waals surface area contributed by atoms with Crippen LogP contribution in [0.2, 0.25) is 0 Å². The normalized spacial score (nSPS) is 18.0. The number of carbonyl (C=O) groups excluding carboxylic acids is 1. The van der Waals surface area contributed by atoms with Gasteiger partial charge in [0.05, 0.1) is 12.5 Å². The largest absolute Gasteiger partial charge is 0.466 e. The van der Waals surface area contributed by atoms with E-state index in [1.54, 1.807) is 30.9 Å². The maximum Gasteiger partial charge on any atom is 0.310 e. The molecule has 0 bridgehead atoms. The lowest BCUT2D eigenvalue weighted by molar-refractivity contribution is -0.149. The molecule has 0 radical (unpaired) electrons. The Hall–Kier alpha value is -1.90. The highest BCUT2D eigenvalue weighted by Gasteiger charge is 2.34. The van der Waals surface area contributed by atoms with Gasteiger partial charge >= 0.3 is 5.97 Å². The van der Waals surface area contributed by atoms with E-state index in [0.29, 0.717) is 26.0 Å². The van der Waals surface area contributed by atoms with E-state index in [4.69, 9.17) is 4.74 Å². The molecule has 1 atom stereocenters. The SMILES string of the molecule is CCOC(=O)[C@@H]1CCCN(S(=O)(=O)c2ccc(SCc3ccccc3)cn2)C1. The molecule has 0 saturated carbocycles. The van der Waals surface area contributed by atoms with Crippen molar-refractivity contribution in [3.05, 3.63) is 54.2 Å². The van der Waals surface area contributed by atoms with Gasteiger partial charge in [-0.2, -0.15) is 4.31 Å². The minimum Gasteiger partial charge on any atom is -0.466 e. The molecule has 3 rings (SSSR count). The van der Waals surface area contributed by atoms with Gasteiger partial charge in [0.1, 0.15) is 0 Å². The zero-order valence-electron chi connectivity index (χ0n) is 15.8. The molecular weight excluding hydrogens is 396 g/mol. The first-order chi connectivity index (χ1) is 13.5. The fourth-order valence-corrected chi connectivity index (χ4v) is 5.34. The summed E-state index contributed by atoms with van der Waals surface area (Å²) in [5.41, 5.74) is 1.20. The van der Waals surface area contributed by atoms with Gasteiger partial charge in [0.25, 0.3) is 10.0 Å². The zero-order valence-corrected chi connectivity index (χ0v) is 17.4. The molecule has 8 heteroatoms. The van der Waals surface area contributed by atoms with Crippen LogP contribution in [0.5, 0.6) is 0 Å². The number of piperidine rings is 1. The molecule has 0 unspecified atom stereocenters. The smallest absolute Gasteiger partial charge is 0.310 e. The van der Waals surface area contributed by atoms with Crippen LogP contribution in [0.25, 0.3) is 0 Å². The summed E-state index contributed by atoms with van der Waals surface area (Å²) in [5, 5.41) is 0.0149. The van der Waals surface area contributed by atoms with Gasteiger partial charge in [0.15, 0.2) is 5.03 Å². The van der Waals surface area contributed by atoms with Crippen LogP contribution < -0.4 is 0 Å². The molecule has 150 valence electrons. The first-order valence-electron chi connectivity index (χ1n) is 9.30. The van der Waals surface area contributed by atoms with Gasteiger partial charge in [0.2, 0.25) is 0 Å². The van der Waals surface area contributed by atoms with Gasteiger partial charge in [-0.3, -0.25) is 4.79 Å². The molecule has 0 amide bonds. The molecule has 1 aliphatic rings. The average Bonchev–Trinajstić information content (AvgIpc) is 2.73. The average molecular weight is 421 g/mol. The number of carbonyl (C=O) groups is 1. The van der Waals surface area contributed by atoms with E-state index in [1.165, 1.54) is 15.9 Å². The Labute approximate surface area is 170 Å². The molecular formula is C20H24N2O4S2. The summed E-state index contributed by atoms with van der Waals surface area (Å²) < 4.78 is 32.2. The van der Waals surface area contributed by atoms with E-state index in [0.717, 1.165) is 10.6 Å². The van der Waals surface area contributed by atoms with Crippen molar-refractivity contribution >= 4 is 27.8 Å². The summed E-state index contributed by atoms with van der Waals surface area (Å²) in [6.45, 7) is 2.58. The summed E-state index contributed by atoms with van der Waals surface area (Å²) in [7, 11) is -3.72. The molecule has 1 fully saturated rings. The molecule has 1 aromatic heterocycles. The van der Waals surface area contributed by atoms with Crippen LogP contribution in [-0.2, 0) is 25.3 Å². The molecule has 1 aliphatic heterocycles. The van der Waals surface area contributed by atoms with E-state index in [1.807, 2.05) is 18.2 Å². The maximum atomic E-state index is 12.9. The van der Waals surface area contributed by atoms with Crippen molar-refractivity contribution in [2.75, 3.05) is 19.7 Å². The first-order valence-corrected chi connectivity index (χ1v) is 11.7. The standard InChI is InChI=1S/C20H24N2O4S2/c1-2-26-20(23)17-9-6-12-22(14-17)28(24,25)19-11-10-18(13-21-19)27-15-16-7-4-3-5-8-16/h3-5,7-8,10-11,13,17H,2,6,9,12,14-15H2,1H3/t17-/m1/s1. The quantitative estimate of drug-likeness (QED) is 0.505. The number of hydrogen-bond acceptors (Lipinski definition) is 6. The van der Waals surface area contributed by atoms with E-state index in [2.05, 4.69) is 17.1 Å². The Morgan fingerprint density at radius 1 is 1.25 bits per heavy atom. The zero-order chi connectivity index (χ0) is 20.0. The van der Waals surface area contributed by atoms with Crippen molar-refractivity contribution in [2.45, 2.75) is 35.4 Å². The van der Waals surface area contributed by atoms with Crippen molar-refractivity contribution in [1.29, 1.82) is 0 Å². The van der Waals surface area contributed by atoms with Crippen molar-refractivity contribution in [2.24, 2.45) is 5.92 Å².